The normalized spacial score (nSPS) is 20.1. The molecule has 2 aliphatic rings. The van der Waals surface area contributed by atoms with Gasteiger partial charge in [0.25, 0.3) is 0 Å². The van der Waals surface area contributed by atoms with E-state index in [0.29, 0.717) is 12.0 Å². The van der Waals surface area contributed by atoms with Crippen molar-refractivity contribution in [3.63, 3.8) is 0 Å². The van der Waals surface area contributed by atoms with Crippen molar-refractivity contribution in [2.24, 2.45) is 10.3 Å². The molecular weight excluding hydrogens is 586 g/mol. The lowest BCUT2D eigenvalue weighted by Crippen LogP contribution is -2.57. The highest BCUT2D eigenvalue weighted by Gasteiger charge is 2.50. The van der Waals surface area contributed by atoms with E-state index in [4.69, 9.17) is 0 Å². The monoisotopic (exact) mass is 619 g/mol. The van der Waals surface area contributed by atoms with E-state index in [2.05, 4.69) is 25.1 Å². The van der Waals surface area contributed by atoms with Gasteiger partial charge in [0.1, 0.15) is 21.8 Å². The summed E-state index contributed by atoms with van der Waals surface area (Å²) < 4.78 is 51.6. The molecule has 42 heavy (non-hydrogen) atoms. The van der Waals surface area contributed by atoms with Gasteiger partial charge >= 0.3 is 0 Å². The molecular formula is C27H33N5O8S2. The molecule has 1 heterocycles. The Hall–Kier alpha value is -3.92. The molecule has 1 unspecified atom stereocenters. The fourth-order valence-electron chi connectivity index (χ4n) is 4.85. The molecule has 7 N–H and O–H groups in total. The van der Waals surface area contributed by atoms with Gasteiger partial charge in [-0.05, 0) is 42.5 Å². The van der Waals surface area contributed by atoms with Gasteiger partial charge in [0.05, 0.1) is 24.2 Å². The maximum absolute atomic E-state index is 14.5. The molecule has 13 nitrogen and oxygen atoms in total. The van der Waals surface area contributed by atoms with Gasteiger partial charge < -0.3 is 21.1 Å². The van der Waals surface area contributed by atoms with Crippen LogP contribution in [0.2, 0.25) is 0 Å². The zero-order valence-electron chi connectivity index (χ0n) is 23.4. The molecule has 0 spiro atoms. The maximum atomic E-state index is 14.5. The quantitative estimate of drug-likeness (QED) is 0.219. The number of hydrogen-bond acceptors (Lipinski definition) is 10. The van der Waals surface area contributed by atoms with Gasteiger partial charge in [0.2, 0.25) is 21.8 Å². The van der Waals surface area contributed by atoms with E-state index in [-0.39, 0.29) is 45.6 Å². The van der Waals surface area contributed by atoms with Crippen LogP contribution in [0.3, 0.4) is 0 Å². The summed E-state index contributed by atoms with van der Waals surface area (Å²) in [5, 5.41) is 19.5. The summed E-state index contributed by atoms with van der Waals surface area (Å²) in [6.07, 6.45) is 1.56. The third-order valence-corrected chi connectivity index (χ3v) is 8.70. The Morgan fingerprint density at radius 3 is 2.48 bits per heavy atom. The average molecular weight is 620 g/mol. The third-order valence-electron chi connectivity index (χ3n) is 6.73. The highest BCUT2D eigenvalue weighted by molar-refractivity contribution is 8.23. The molecule has 2 amide bonds. The maximum Gasteiger partial charge on any atom is 0.240 e. The number of fused-ring (bicyclic) bond motifs is 2. The van der Waals surface area contributed by atoms with Crippen LogP contribution in [0, 0.1) is 5.92 Å². The van der Waals surface area contributed by atoms with Crippen LogP contribution in [-0.2, 0) is 29.9 Å². The molecule has 226 valence electrons. The number of Topliss-reactive ketones (excluding diaryl/α,β-unsaturated/α-hetero) is 1. The highest BCUT2D eigenvalue weighted by atomic mass is 32.3. The summed E-state index contributed by atoms with van der Waals surface area (Å²) in [6.45, 7) is 4.76. The number of amides is 2. The van der Waals surface area contributed by atoms with E-state index in [1.807, 2.05) is 13.8 Å². The molecule has 2 aromatic rings. The Balaban J connectivity index is 1.85. The topological polar surface area (TPSA) is 207 Å². The second-order valence-corrected chi connectivity index (χ2v) is 14.0. The Bertz CT molecular complexity index is 1630. The Kier molecular flexibility index (Phi) is 8.42. The number of carbonyl (C=O) groups is 3. The van der Waals surface area contributed by atoms with E-state index in [0.717, 1.165) is 6.26 Å². The van der Waals surface area contributed by atoms with Crippen molar-refractivity contribution in [1.82, 2.24) is 10.6 Å². The first-order valence-corrected chi connectivity index (χ1v) is 16.3. The predicted molar refractivity (Wildman–Crippen MR) is 161 cm³/mol. The summed E-state index contributed by atoms with van der Waals surface area (Å²) in [6, 6.07) is 10.5. The minimum absolute atomic E-state index is 0.0657. The van der Waals surface area contributed by atoms with Crippen LogP contribution in [0.1, 0.15) is 44.7 Å². The zero-order chi connectivity index (χ0) is 31.0. The number of carbonyl (C=O) groups excluding carboxylic acids is 3. The molecule has 0 aromatic heterocycles. The third kappa shape index (κ3) is 6.28. The van der Waals surface area contributed by atoms with Crippen molar-refractivity contribution in [3.8, 4) is 0 Å². The van der Waals surface area contributed by atoms with Crippen molar-refractivity contribution >= 4 is 61.4 Å². The van der Waals surface area contributed by atoms with E-state index < -0.39 is 56.2 Å². The largest absolute Gasteiger partial charge is 0.506 e. The fraction of sp³-hybridized carbons (Fsp3) is 0.333. The number of rotatable bonds is 9. The summed E-state index contributed by atoms with van der Waals surface area (Å²) in [7, 11) is -7.65. The van der Waals surface area contributed by atoms with Gasteiger partial charge in [-0.3, -0.25) is 28.2 Å². The first kappa shape index (κ1) is 31.0. The molecule has 1 atom stereocenters. The Labute approximate surface area is 245 Å². The van der Waals surface area contributed by atoms with E-state index >= 15 is 0 Å². The second-order valence-electron chi connectivity index (χ2n) is 10.6. The van der Waals surface area contributed by atoms with Crippen molar-refractivity contribution in [2.75, 3.05) is 22.8 Å². The summed E-state index contributed by atoms with van der Waals surface area (Å²) in [5.74, 6) is -2.52. The van der Waals surface area contributed by atoms with Gasteiger partial charge in [-0.1, -0.05) is 48.9 Å². The number of sulfonamides is 1. The van der Waals surface area contributed by atoms with Crippen LogP contribution in [0.25, 0.3) is 5.76 Å². The Morgan fingerprint density at radius 1 is 1.14 bits per heavy atom. The lowest BCUT2D eigenvalue weighted by atomic mass is 9.71. The van der Waals surface area contributed by atoms with E-state index in [1.54, 1.807) is 24.3 Å². The number of amidine groups is 1. The number of aliphatic hydroxyl groups excluding tert-OH is 1. The molecule has 2 aromatic carbocycles. The molecule has 15 heteroatoms. The lowest BCUT2D eigenvalue weighted by Gasteiger charge is -2.41. The minimum atomic E-state index is -3.99. The first-order valence-electron chi connectivity index (χ1n) is 12.9. The number of aliphatic hydroxyl groups is 1. The van der Waals surface area contributed by atoms with Crippen LogP contribution in [0.15, 0.2) is 57.3 Å². The Morgan fingerprint density at radius 2 is 1.83 bits per heavy atom. The number of hydrogen-bond donors (Lipinski definition) is 7. The minimum Gasteiger partial charge on any atom is -0.506 e. The van der Waals surface area contributed by atoms with Gasteiger partial charge in [-0.25, -0.2) is 8.42 Å². The number of benzene rings is 2. The molecule has 0 saturated carbocycles. The number of anilines is 2. The SMILES string of the molecule is CC(=O)NCC(=O)NC1(CCC(C)C)C(=O)C(C2=NS(O)(O)c3cc(NS(C)(=O)=O)ccc3N2)=C(O)c2ccccc21. The van der Waals surface area contributed by atoms with Gasteiger partial charge in [-0.15, -0.1) is 4.40 Å². The highest BCUT2D eigenvalue weighted by Crippen LogP contribution is 2.57. The van der Waals surface area contributed by atoms with Gasteiger partial charge in [0, 0.05) is 12.5 Å². The van der Waals surface area contributed by atoms with Crippen LogP contribution in [0.5, 0.6) is 0 Å². The molecule has 1 aliphatic carbocycles. The molecule has 0 fully saturated rings. The van der Waals surface area contributed by atoms with E-state index in [9.17, 15) is 37.0 Å². The van der Waals surface area contributed by atoms with Crippen molar-refractivity contribution in [1.29, 1.82) is 0 Å². The van der Waals surface area contributed by atoms with Crippen molar-refractivity contribution < 1.29 is 37.0 Å². The first-order chi connectivity index (χ1) is 19.5. The number of ketones is 1. The van der Waals surface area contributed by atoms with Crippen molar-refractivity contribution in [2.45, 2.75) is 44.0 Å². The van der Waals surface area contributed by atoms with E-state index in [1.165, 1.54) is 25.1 Å². The number of nitrogens with zero attached hydrogens (tertiary/aromatic N) is 1. The second kappa shape index (κ2) is 11.4. The summed E-state index contributed by atoms with van der Waals surface area (Å²) in [5.41, 5.74) is -1.30. The molecule has 0 radical (unpaired) electrons. The summed E-state index contributed by atoms with van der Waals surface area (Å²) in [4.78, 5) is 38.8. The smallest absolute Gasteiger partial charge is 0.240 e. The molecule has 0 saturated heterocycles. The van der Waals surface area contributed by atoms with Gasteiger partial charge in [0.15, 0.2) is 11.6 Å². The predicted octanol–water partition coefficient (Wildman–Crippen LogP) is 3.34. The number of nitrogens with one attached hydrogen (secondary N) is 4. The van der Waals surface area contributed by atoms with Crippen LogP contribution >= 0.6 is 10.8 Å². The van der Waals surface area contributed by atoms with Crippen LogP contribution < -0.4 is 20.7 Å². The van der Waals surface area contributed by atoms with Crippen molar-refractivity contribution in [3.05, 3.63) is 59.2 Å². The fourth-order valence-corrected chi connectivity index (χ4v) is 6.60. The molecule has 1 aliphatic heterocycles. The standard InChI is InChI=1S/C27H33N5O8S2/c1-15(2)11-12-27(30-22(34)14-28-16(3)33)19-8-6-5-7-18(19)24(35)23(25(27)36)26-29-20-10-9-17(31-41(4,37)38)13-21(20)42(39,40)32-26/h5-10,13,15,31,35,39-40H,11-12,14H2,1-4H3,(H,28,33)(H,29,32)(H,30,34). The molecule has 4 rings (SSSR count). The van der Waals surface area contributed by atoms with Gasteiger partial charge in [-0.2, -0.15) is 0 Å². The summed E-state index contributed by atoms with van der Waals surface area (Å²) >= 11 is 0. The van der Waals surface area contributed by atoms with Crippen LogP contribution in [-0.4, -0.2) is 58.9 Å². The zero-order valence-corrected chi connectivity index (χ0v) is 25.0. The van der Waals surface area contributed by atoms with Crippen LogP contribution in [0.4, 0.5) is 11.4 Å². The molecule has 0 bridgehead atoms. The lowest BCUT2D eigenvalue weighted by molar-refractivity contribution is -0.131. The average Bonchev–Trinajstić information content (AvgIpc) is 2.88.